The van der Waals surface area contributed by atoms with Crippen LogP contribution in [-0.2, 0) is 5.33 Å². The maximum absolute atomic E-state index is 4.60. The Labute approximate surface area is 109 Å². The maximum atomic E-state index is 4.60. The zero-order valence-electron chi connectivity index (χ0n) is 9.67. The molecule has 0 aliphatic carbocycles. The molecule has 1 aromatic heterocycles. The molecule has 1 aromatic carbocycles. The maximum Gasteiger partial charge on any atom is 0.104 e. The number of hydrogen-bond donors (Lipinski definition) is 0. The molecule has 0 N–H and O–H groups in total. The summed E-state index contributed by atoms with van der Waals surface area (Å²) in [6, 6.07) is 4.47. The SMILES string of the molecule is Cc1cc(C)c(-c2csc(CBr)n2)cc1C. The van der Waals surface area contributed by atoms with Crippen LogP contribution in [0.3, 0.4) is 0 Å². The first-order valence-corrected chi connectivity index (χ1v) is 7.20. The minimum absolute atomic E-state index is 0.835. The molecule has 0 spiro atoms. The monoisotopic (exact) mass is 295 g/mol. The van der Waals surface area contributed by atoms with Gasteiger partial charge in [0.05, 0.1) is 11.0 Å². The Morgan fingerprint density at radius 2 is 1.81 bits per heavy atom. The lowest BCUT2D eigenvalue weighted by molar-refractivity contribution is 1.25. The van der Waals surface area contributed by atoms with Gasteiger partial charge in [0.1, 0.15) is 5.01 Å². The fourth-order valence-electron chi connectivity index (χ4n) is 1.73. The minimum Gasteiger partial charge on any atom is -0.240 e. The quantitative estimate of drug-likeness (QED) is 0.736. The number of benzene rings is 1. The summed E-state index contributed by atoms with van der Waals surface area (Å²) in [5.74, 6) is 0. The number of aromatic nitrogens is 1. The number of thiazole rings is 1. The molecule has 0 aliphatic heterocycles. The Kier molecular flexibility index (Phi) is 3.45. The van der Waals surface area contributed by atoms with Gasteiger partial charge in [0.2, 0.25) is 0 Å². The molecular formula is C13H14BrNS. The van der Waals surface area contributed by atoms with Crippen molar-refractivity contribution in [2.45, 2.75) is 26.1 Å². The van der Waals surface area contributed by atoms with Crippen molar-refractivity contribution in [3.8, 4) is 11.3 Å². The number of alkyl halides is 1. The van der Waals surface area contributed by atoms with Crippen LogP contribution in [-0.4, -0.2) is 4.98 Å². The molecule has 0 radical (unpaired) electrons. The molecule has 3 heteroatoms. The topological polar surface area (TPSA) is 12.9 Å². The number of aryl methyl sites for hydroxylation is 3. The van der Waals surface area contributed by atoms with E-state index in [1.807, 2.05) is 0 Å². The lowest BCUT2D eigenvalue weighted by atomic mass is 9.99. The van der Waals surface area contributed by atoms with Crippen molar-refractivity contribution in [1.29, 1.82) is 0 Å². The summed E-state index contributed by atoms with van der Waals surface area (Å²) >= 11 is 5.14. The van der Waals surface area contributed by atoms with Crippen LogP contribution in [0.15, 0.2) is 17.5 Å². The van der Waals surface area contributed by atoms with Crippen LogP contribution in [0.1, 0.15) is 21.7 Å². The van der Waals surface area contributed by atoms with Crippen LogP contribution in [0.5, 0.6) is 0 Å². The summed E-state index contributed by atoms with van der Waals surface area (Å²) < 4.78 is 0. The molecule has 1 heterocycles. The average molecular weight is 296 g/mol. The van der Waals surface area contributed by atoms with Crippen LogP contribution in [0.25, 0.3) is 11.3 Å². The first-order valence-electron chi connectivity index (χ1n) is 5.20. The van der Waals surface area contributed by atoms with Gasteiger partial charge in [-0.15, -0.1) is 11.3 Å². The largest absolute Gasteiger partial charge is 0.240 e. The molecule has 84 valence electrons. The molecule has 0 fully saturated rings. The summed E-state index contributed by atoms with van der Waals surface area (Å²) in [6.45, 7) is 6.45. The zero-order chi connectivity index (χ0) is 11.7. The van der Waals surface area contributed by atoms with Crippen LogP contribution >= 0.6 is 27.3 Å². The number of rotatable bonds is 2. The van der Waals surface area contributed by atoms with Crippen molar-refractivity contribution in [1.82, 2.24) is 4.98 Å². The standard InChI is InChI=1S/C13H14BrNS/c1-8-4-10(3)11(5-9(8)2)12-7-16-13(6-14)15-12/h4-5,7H,6H2,1-3H3. The molecule has 0 bridgehead atoms. The van der Waals surface area contributed by atoms with Crippen LogP contribution < -0.4 is 0 Å². The van der Waals surface area contributed by atoms with Gasteiger partial charge < -0.3 is 0 Å². The van der Waals surface area contributed by atoms with E-state index in [2.05, 4.69) is 59.2 Å². The molecule has 0 amide bonds. The predicted molar refractivity (Wildman–Crippen MR) is 74.4 cm³/mol. The number of nitrogens with zero attached hydrogens (tertiary/aromatic N) is 1. The Morgan fingerprint density at radius 3 is 2.44 bits per heavy atom. The van der Waals surface area contributed by atoms with Crippen molar-refractivity contribution in [3.05, 3.63) is 39.2 Å². The summed E-state index contributed by atoms with van der Waals surface area (Å²) in [7, 11) is 0. The summed E-state index contributed by atoms with van der Waals surface area (Å²) in [4.78, 5) is 4.60. The van der Waals surface area contributed by atoms with Gasteiger partial charge in [-0.25, -0.2) is 4.98 Å². The van der Waals surface area contributed by atoms with Gasteiger partial charge in [-0.05, 0) is 43.5 Å². The third-order valence-electron chi connectivity index (χ3n) is 2.78. The van der Waals surface area contributed by atoms with E-state index in [0.717, 1.165) is 16.0 Å². The van der Waals surface area contributed by atoms with Crippen molar-refractivity contribution in [2.24, 2.45) is 0 Å². The molecule has 0 aliphatic rings. The Hall–Kier alpha value is -0.670. The highest BCUT2D eigenvalue weighted by Gasteiger charge is 2.08. The van der Waals surface area contributed by atoms with E-state index in [0.29, 0.717) is 0 Å². The highest BCUT2D eigenvalue weighted by atomic mass is 79.9. The first kappa shape index (κ1) is 11.8. The van der Waals surface area contributed by atoms with Gasteiger partial charge in [-0.2, -0.15) is 0 Å². The van der Waals surface area contributed by atoms with Crippen molar-refractivity contribution in [3.63, 3.8) is 0 Å². The summed E-state index contributed by atoms with van der Waals surface area (Å²) in [5.41, 5.74) is 6.33. The summed E-state index contributed by atoms with van der Waals surface area (Å²) in [5, 5.41) is 4.10. The highest BCUT2D eigenvalue weighted by molar-refractivity contribution is 9.08. The van der Waals surface area contributed by atoms with E-state index in [1.54, 1.807) is 11.3 Å². The lowest BCUT2D eigenvalue weighted by Crippen LogP contribution is -1.89. The molecular weight excluding hydrogens is 282 g/mol. The van der Waals surface area contributed by atoms with Gasteiger partial charge in [0.15, 0.2) is 0 Å². The van der Waals surface area contributed by atoms with E-state index in [9.17, 15) is 0 Å². The summed E-state index contributed by atoms with van der Waals surface area (Å²) in [6.07, 6.45) is 0. The molecule has 2 rings (SSSR count). The van der Waals surface area contributed by atoms with Crippen LogP contribution in [0, 0.1) is 20.8 Å². The van der Waals surface area contributed by atoms with Gasteiger partial charge in [-0.3, -0.25) is 0 Å². The minimum atomic E-state index is 0.835. The van der Waals surface area contributed by atoms with Crippen molar-refractivity contribution in [2.75, 3.05) is 0 Å². The first-order chi connectivity index (χ1) is 7.61. The second-order valence-electron chi connectivity index (χ2n) is 4.01. The molecule has 1 nitrogen and oxygen atoms in total. The molecule has 2 aromatic rings. The zero-order valence-corrected chi connectivity index (χ0v) is 12.1. The Bertz CT molecular complexity index is 517. The Balaban J connectivity index is 2.51. The van der Waals surface area contributed by atoms with Gasteiger partial charge >= 0.3 is 0 Å². The van der Waals surface area contributed by atoms with Crippen molar-refractivity contribution < 1.29 is 0 Å². The van der Waals surface area contributed by atoms with Gasteiger partial charge in [-0.1, -0.05) is 22.0 Å². The average Bonchev–Trinajstić information content (AvgIpc) is 2.71. The van der Waals surface area contributed by atoms with Crippen LogP contribution in [0.4, 0.5) is 0 Å². The Morgan fingerprint density at radius 1 is 1.12 bits per heavy atom. The molecule has 16 heavy (non-hydrogen) atoms. The molecule has 0 saturated heterocycles. The van der Waals surface area contributed by atoms with E-state index in [4.69, 9.17) is 0 Å². The van der Waals surface area contributed by atoms with E-state index >= 15 is 0 Å². The smallest absolute Gasteiger partial charge is 0.104 e. The second-order valence-corrected chi connectivity index (χ2v) is 5.51. The predicted octanol–water partition coefficient (Wildman–Crippen LogP) is 4.63. The molecule has 0 unspecified atom stereocenters. The van der Waals surface area contributed by atoms with Gasteiger partial charge in [0.25, 0.3) is 0 Å². The number of halogens is 1. The van der Waals surface area contributed by atoms with E-state index in [-0.39, 0.29) is 0 Å². The second kappa shape index (κ2) is 4.68. The lowest BCUT2D eigenvalue weighted by Gasteiger charge is -2.07. The highest BCUT2D eigenvalue weighted by Crippen LogP contribution is 2.28. The third-order valence-corrected chi connectivity index (χ3v) is 4.53. The van der Waals surface area contributed by atoms with E-state index in [1.165, 1.54) is 22.3 Å². The fourth-order valence-corrected chi connectivity index (χ4v) is 2.90. The normalized spacial score (nSPS) is 10.8. The molecule has 0 atom stereocenters. The molecule has 0 saturated carbocycles. The number of hydrogen-bond acceptors (Lipinski definition) is 2. The van der Waals surface area contributed by atoms with Crippen molar-refractivity contribution >= 4 is 27.3 Å². The fraction of sp³-hybridized carbons (Fsp3) is 0.308. The third kappa shape index (κ3) is 2.20. The van der Waals surface area contributed by atoms with Crippen LogP contribution in [0.2, 0.25) is 0 Å². The van der Waals surface area contributed by atoms with Gasteiger partial charge in [0, 0.05) is 10.9 Å². The van der Waals surface area contributed by atoms with E-state index < -0.39 is 0 Å².